The summed E-state index contributed by atoms with van der Waals surface area (Å²) >= 11 is 0. The van der Waals surface area contributed by atoms with Gasteiger partial charge >= 0.3 is 5.97 Å². The van der Waals surface area contributed by atoms with Gasteiger partial charge in [-0.2, -0.15) is 0 Å². The van der Waals surface area contributed by atoms with Crippen molar-refractivity contribution in [3.05, 3.63) is 29.3 Å². The summed E-state index contributed by atoms with van der Waals surface area (Å²) < 4.78 is 9.98. The Morgan fingerprint density at radius 3 is 2.79 bits per heavy atom. The minimum atomic E-state index is -1.17. The van der Waals surface area contributed by atoms with Crippen LogP contribution in [0.1, 0.15) is 30.9 Å². The predicted molar refractivity (Wildman–Crippen MR) is 71.0 cm³/mol. The molecule has 0 aromatic heterocycles. The maximum Gasteiger partial charge on any atom is 0.311 e. The molecule has 19 heavy (non-hydrogen) atoms. The van der Waals surface area contributed by atoms with E-state index in [0.717, 1.165) is 24.0 Å². The van der Waals surface area contributed by atoms with Gasteiger partial charge in [0, 0.05) is 0 Å². The third kappa shape index (κ3) is 2.32. The van der Waals surface area contributed by atoms with Gasteiger partial charge in [-0.15, -0.1) is 0 Å². The Hall–Kier alpha value is -1.55. The highest BCUT2D eigenvalue weighted by Crippen LogP contribution is 2.42. The van der Waals surface area contributed by atoms with Gasteiger partial charge in [0.05, 0.1) is 20.1 Å². The van der Waals surface area contributed by atoms with Crippen LogP contribution in [0.2, 0.25) is 0 Å². The summed E-state index contributed by atoms with van der Waals surface area (Å²) in [5.41, 5.74) is 0.691. The number of carbonyl (C=O) groups is 1. The van der Waals surface area contributed by atoms with E-state index in [-0.39, 0.29) is 0 Å². The normalized spacial score (nSPS) is 23.4. The van der Waals surface area contributed by atoms with Crippen molar-refractivity contribution >= 4 is 5.97 Å². The van der Waals surface area contributed by atoms with Gasteiger partial charge < -0.3 is 14.6 Å². The van der Waals surface area contributed by atoms with Gasteiger partial charge in [0.2, 0.25) is 0 Å². The van der Waals surface area contributed by atoms with Crippen LogP contribution < -0.4 is 4.74 Å². The summed E-state index contributed by atoms with van der Waals surface area (Å²) in [4.78, 5) is 11.8. The molecule has 0 aliphatic heterocycles. The van der Waals surface area contributed by atoms with Gasteiger partial charge in [-0.1, -0.05) is 6.07 Å². The van der Waals surface area contributed by atoms with Crippen molar-refractivity contribution in [1.82, 2.24) is 0 Å². The lowest BCUT2D eigenvalue weighted by atomic mass is 9.72. The lowest BCUT2D eigenvalue weighted by molar-refractivity contribution is -0.156. The van der Waals surface area contributed by atoms with E-state index >= 15 is 0 Å². The molecule has 0 radical (unpaired) electrons. The molecule has 1 aliphatic rings. The molecular formula is C15H20O4. The average Bonchev–Trinajstić information content (AvgIpc) is 2.45. The fourth-order valence-corrected chi connectivity index (χ4v) is 2.81. The Morgan fingerprint density at radius 1 is 1.42 bits per heavy atom. The van der Waals surface area contributed by atoms with E-state index in [9.17, 15) is 9.90 Å². The van der Waals surface area contributed by atoms with E-state index < -0.39 is 17.5 Å². The van der Waals surface area contributed by atoms with Crippen molar-refractivity contribution in [3.63, 3.8) is 0 Å². The van der Waals surface area contributed by atoms with Gasteiger partial charge in [-0.3, -0.25) is 4.79 Å². The molecule has 0 heterocycles. The van der Waals surface area contributed by atoms with E-state index in [1.165, 1.54) is 7.11 Å². The first-order valence-electron chi connectivity index (χ1n) is 6.50. The zero-order valence-electron chi connectivity index (χ0n) is 11.6. The van der Waals surface area contributed by atoms with Crippen LogP contribution in [0.25, 0.3) is 0 Å². The van der Waals surface area contributed by atoms with Crippen LogP contribution in [0.5, 0.6) is 5.75 Å². The molecule has 2 atom stereocenters. The molecule has 0 saturated carbocycles. The first-order valence-corrected chi connectivity index (χ1v) is 6.50. The van der Waals surface area contributed by atoms with Crippen molar-refractivity contribution in [2.75, 3.05) is 14.2 Å². The number of aliphatic hydroxyl groups is 1. The Bertz CT molecular complexity index is 483. The Labute approximate surface area is 113 Å². The van der Waals surface area contributed by atoms with Crippen molar-refractivity contribution in [2.45, 2.75) is 31.8 Å². The van der Waals surface area contributed by atoms with Gasteiger partial charge in [0.1, 0.15) is 11.4 Å². The molecule has 0 fully saturated rings. The van der Waals surface area contributed by atoms with Crippen molar-refractivity contribution in [2.24, 2.45) is 5.92 Å². The summed E-state index contributed by atoms with van der Waals surface area (Å²) in [6, 6.07) is 5.67. The smallest absolute Gasteiger partial charge is 0.311 e. The summed E-state index contributed by atoms with van der Waals surface area (Å²) in [5.74, 6) is -0.294. The van der Waals surface area contributed by atoms with Crippen LogP contribution in [0.15, 0.2) is 18.2 Å². The van der Waals surface area contributed by atoms with E-state index in [4.69, 9.17) is 9.47 Å². The summed E-state index contributed by atoms with van der Waals surface area (Å²) in [6.45, 7) is 1.71. The number of benzene rings is 1. The molecule has 0 saturated heterocycles. The van der Waals surface area contributed by atoms with E-state index in [1.807, 2.05) is 18.2 Å². The second-order valence-electron chi connectivity index (χ2n) is 5.05. The minimum absolute atomic E-state index is 0.391. The van der Waals surface area contributed by atoms with Crippen LogP contribution in [0.3, 0.4) is 0 Å². The number of methoxy groups -OCH3 is 2. The predicted octanol–water partition coefficient (Wildman–Crippen LogP) is 2.03. The largest absolute Gasteiger partial charge is 0.497 e. The minimum Gasteiger partial charge on any atom is -0.497 e. The topological polar surface area (TPSA) is 55.8 Å². The highest BCUT2D eigenvalue weighted by atomic mass is 16.5. The zero-order valence-corrected chi connectivity index (χ0v) is 11.6. The summed E-state index contributed by atoms with van der Waals surface area (Å²) in [6.07, 6.45) is 2.33. The number of esters is 1. The van der Waals surface area contributed by atoms with Crippen LogP contribution in [-0.4, -0.2) is 25.3 Å². The molecule has 0 spiro atoms. The highest BCUT2D eigenvalue weighted by Gasteiger charge is 2.43. The molecule has 0 amide bonds. The molecular weight excluding hydrogens is 244 g/mol. The molecule has 1 aromatic rings. The molecule has 1 N–H and O–H groups in total. The molecule has 4 nitrogen and oxygen atoms in total. The Balaban J connectivity index is 2.47. The summed E-state index contributed by atoms with van der Waals surface area (Å²) in [5, 5.41) is 11.0. The number of rotatable bonds is 3. The van der Waals surface area contributed by atoms with E-state index in [0.29, 0.717) is 12.2 Å². The second kappa shape index (κ2) is 5.21. The maximum absolute atomic E-state index is 11.8. The van der Waals surface area contributed by atoms with Crippen molar-refractivity contribution in [3.8, 4) is 5.75 Å². The highest BCUT2D eigenvalue weighted by molar-refractivity contribution is 5.74. The quantitative estimate of drug-likeness (QED) is 0.849. The van der Waals surface area contributed by atoms with Gasteiger partial charge in [-0.25, -0.2) is 0 Å². The molecule has 1 aliphatic carbocycles. The van der Waals surface area contributed by atoms with Gasteiger partial charge in [0.25, 0.3) is 0 Å². The van der Waals surface area contributed by atoms with Crippen LogP contribution >= 0.6 is 0 Å². The Kier molecular flexibility index (Phi) is 3.80. The lowest BCUT2D eigenvalue weighted by Crippen LogP contribution is -2.41. The number of carbonyl (C=O) groups excluding carboxylic acids is 1. The lowest BCUT2D eigenvalue weighted by Gasteiger charge is -2.38. The SMILES string of the molecule is COC(=O)C(C)C1(O)CCCc2ccc(OC)cc21. The first-order chi connectivity index (χ1) is 9.02. The summed E-state index contributed by atoms with van der Waals surface area (Å²) in [7, 11) is 2.94. The second-order valence-corrected chi connectivity index (χ2v) is 5.05. The van der Waals surface area contributed by atoms with Crippen LogP contribution in [0, 0.1) is 5.92 Å². The molecule has 1 aromatic carbocycles. The first kappa shape index (κ1) is 13.9. The Morgan fingerprint density at radius 2 is 2.16 bits per heavy atom. The number of hydrogen-bond acceptors (Lipinski definition) is 4. The molecule has 104 valence electrons. The zero-order chi connectivity index (χ0) is 14.0. The number of ether oxygens (including phenoxy) is 2. The fraction of sp³-hybridized carbons (Fsp3) is 0.533. The standard InChI is InChI=1S/C15H20O4/c1-10(14(16)19-3)15(17)8-4-5-11-6-7-12(18-2)9-13(11)15/h6-7,9-10,17H,4-5,8H2,1-3H3. The average molecular weight is 264 g/mol. The van der Waals surface area contributed by atoms with Gasteiger partial charge in [-0.05, 0) is 49.4 Å². The number of aryl methyl sites for hydroxylation is 1. The third-order valence-electron chi connectivity index (χ3n) is 4.06. The molecule has 2 rings (SSSR count). The van der Waals surface area contributed by atoms with Crippen LogP contribution in [0.4, 0.5) is 0 Å². The van der Waals surface area contributed by atoms with Crippen LogP contribution in [-0.2, 0) is 21.6 Å². The molecule has 2 unspecified atom stereocenters. The number of hydrogen-bond donors (Lipinski definition) is 1. The van der Waals surface area contributed by atoms with Crippen molar-refractivity contribution in [1.29, 1.82) is 0 Å². The van der Waals surface area contributed by atoms with E-state index in [1.54, 1.807) is 14.0 Å². The third-order valence-corrected chi connectivity index (χ3v) is 4.06. The molecule has 0 bridgehead atoms. The fourth-order valence-electron chi connectivity index (χ4n) is 2.81. The molecule has 4 heteroatoms. The number of fused-ring (bicyclic) bond motifs is 1. The monoisotopic (exact) mass is 264 g/mol. The maximum atomic E-state index is 11.8. The van der Waals surface area contributed by atoms with Crippen molar-refractivity contribution < 1.29 is 19.4 Å². The van der Waals surface area contributed by atoms with E-state index in [2.05, 4.69) is 0 Å². The van der Waals surface area contributed by atoms with Gasteiger partial charge in [0.15, 0.2) is 0 Å².